The van der Waals surface area contributed by atoms with Crippen molar-refractivity contribution in [2.75, 3.05) is 33.3 Å². The number of ether oxygens (including phenoxy) is 4. The molecule has 2 heterocycles. The average Bonchev–Trinajstić information content (AvgIpc) is 3.38. The largest absolute Gasteiger partial charge is 0.481 e. The second kappa shape index (κ2) is 13.8. The maximum Gasteiger partial charge on any atom is 0.342 e. The van der Waals surface area contributed by atoms with Crippen LogP contribution in [0.15, 0.2) is 46.7 Å². The second-order valence-electron chi connectivity index (χ2n) is 8.17. The predicted octanol–water partition coefficient (Wildman–Crippen LogP) is -0.0284. The van der Waals surface area contributed by atoms with E-state index in [2.05, 4.69) is 30.2 Å². The molecule has 3 aromatic rings. The van der Waals surface area contributed by atoms with Crippen LogP contribution in [-0.4, -0.2) is 82.4 Å². The lowest BCUT2D eigenvalue weighted by Gasteiger charge is -2.14. The van der Waals surface area contributed by atoms with Gasteiger partial charge in [0, 0.05) is 7.05 Å². The summed E-state index contributed by atoms with van der Waals surface area (Å²) < 4.78 is 75.5. The molecular weight excluding hydrogens is 612 g/mol. The number of hydrazone groups is 1. The van der Waals surface area contributed by atoms with Crippen LogP contribution in [0.4, 0.5) is 5.95 Å². The van der Waals surface area contributed by atoms with E-state index in [4.69, 9.17) is 18.9 Å². The number of carbonyl (C=O) groups is 2. The van der Waals surface area contributed by atoms with Crippen molar-refractivity contribution in [2.24, 2.45) is 12.1 Å². The molecule has 0 unspecified atom stereocenters. The van der Waals surface area contributed by atoms with Crippen LogP contribution < -0.4 is 24.3 Å². The second-order valence-corrected chi connectivity index (χ2v) is 11.5. The minimum absolute atomic E-state index is 0.00187. The number of nitrogens with zero attached hydrogens (tertiary/aromatic N) is 5. The summed E-state index contributed by atoms with van der Waals surface area (Å²) in [5, 5.41) is 9.33. The summed E-state index contributed by atoms with van der Waals surface area (Å²) in [6, 6.07) is 7.14. The number of methoxy groups -OCH3 is 3. The first-order chi connectivity index (χ1) is 20.3. The molecule has 0 aliphatic heterocycles. The zero-order chi connectivity index (χ0) is 31.8. The van der Waals surface area contributed by atoms with Gasteiger partial charge in [-0.25, -0.2) is 27.6 Å². The van der Waals surface area contributed by atoms with E-state index in [0.717, 1.165) is 18.0 Å². The van der Waals surface area contributed by atoms with E-state index < -0.39 is 54.3 Å². The third-order valence-electron chi connectivity index (χ3n) is 5.26. The number of sulfonamides is 2. The van der Waals surface area contributed by atoms with Gasteiger partial charge < -0.3 is 18.9 Å². The van der Waals surface area contributed by atoms with Gasteiger partial charge in [0.15, 0.2) is 5.03 Å². The molecule has 0 atom stereocenters. The topological polar surface area (TPSA) is 231 Å². The Kier molecular flexibility index (Phi) is 10.4. The van der Waals surface area contributed by atoms with Crippen molar-refractivity contribution in [1.29, 1.82) is 0 Å². The number of nitrogens with one attached hydrogen (secondary N) is 3. The van der Waals surface area contributed by atoms with E-state index in [1.165, 1.54) is 58.5 Å². The van der Waals surface area contributed by atoms with Crippen LogP contribution >= 0.6 is 0 Å². The summed E-state index contributed by atoms with van der Waals surface area (Å²) >= 11 is 0. The zero-order valence-electron chi connectivity index (χ0n) is 23.5. The summed E-state index contributed by atoms with van der Waals surface area (Å²) in [5.41, 5.74) is -0.310. The van der Waals surface area contributed by atoms with E-state index in [9.17, 15) is 26.4 Å². The number of guanidine groups is 1. The zero-order valence-corrected chi connectivity index (χ0v) is 25.1. The molecule has 43 heavy (non-hydrogen) atoms. The fourth-order valence-electron chi connectivity index (χ4n) is 3.43. The summed E-state index contributed by atoms with van der Waals surface area (Å²) in [7, 11) is -4.03. The fraction of sp³-hybridized carbons (Fsp3) is 0.304. The molecule has 0 saturated carbocycles. The molecule has 0 fully saturated rings. The van der Waals surface area contributed by atoms with E-state index in [1.54, 1.807) is 0 Å². The van der Waals surface area contributed by atoms with Gasteiger partial charge in [-0.3, -0.25) is 10.00 Å². The number of carbonyl (C=O) groups excluding carboxylic acids is 2. The molecule has 0 saturated heterocycles. The van der Waals surface area contributed by atoms with Crippen LogP contribution in [0.5, 0.6) is 11.8 Å². The number of esters is 2. The molecule has 2 aromatic heterocycles. The third-order valence-corrected chi connectivity index (χ3v) is 7.77. The molecule has 1 aromatic carbocycles. The Hall–Kier alpha value is -4.98. The average molecular weight is 641 g/mol. The van der Waals surface area contributed by atoms with Crippen molar-refractivity contribution in [3.05, 3.63) is 53.2 Å². The van der Waals surface area contributed by atoms with Gasteiger partial charge >= 0.3 is 11.9 Å². The van der Waals surface area contributed by atoms with Crippen LogP contribution in [0.3, 0.4) is 0 Å². The van der Waals surface area contributed by atoms with Crippen LogP contribution in [-0.2, 0) is 42.3 Å². The lowest BCUT2D eigenvalue weighted by atomic mass is 10.1. The maximum absolute atomic E-state index is 13.4. The van der Waals surface area contributed by atoms with Crippen molar-refractivity contribution in [3.8, 4) is 11.8 Å². The van der Waals surface area contributed by atoms with E-state index in [1.807, 2.05) is 4.83 Å². The van der Waals surface area contributed by atoms with Crippen molar-refractivity contribution >= 4 is 43.9 Å². The molecule has 0 radical (unpaired) electrons. The SMILES string of the molecule is CCOC(=O)c1cnn(C)c1S(=O)(=O)NC(=NNS(=O)(=O)Cc1ccccc1C(=O)OC)Nc1nc(OC)cc(OC)n1. The minimum atomic E-state index is -4.70. The molecule has 20 heteroatoms. The Labute approximate surface area is 246 Å². The van der Waals surface area contributed by atoms with Gasteiger partial charge in [0.2, 0.25) is 23.7 Å². The van der Waals surface area contributed by atoms with Crippen molar-refractivity contribution in [2.45, 2.75) is 17.7 Å². The fourth-order valence-corrected chi connectivity index (χ4v) is 5.65. The highest BCUT2D eigenvalue weighted by atomic mass is 32.2. The first-order valence-electron chi connectivity index (χ1n) is 12.0. The standard InChI is InChI=1S/C23H28N8O10S2/c1-6-41-21(33)16-12-24-31(2)19(16)43(36,37)29-23(27-22-25-17(38-3)11-18(26-22)39-4)28-30-42(34,35)13-14-9-7-8-10-15(14)20(32)40-5/h7-12,30H,6,13H2,1-5H3,(H2,25,26,27,28,29). The number of rotatable bonds is 12. The number of benzene rings is 1. The highest BCUT2D eigenvalue weighted by Crippen LogP contribution is 2.19. The Balaban J connectivity index is 2.02. The number of aryl methyl sites for hydroxylation is 1. The molecule has 0 aliphatic rings. The van der Waals surface area contributed by atoms with Gasteiger partial charge in [-0.15, -0.1) is 5.10 Å². The number of hydrogen-bond acceptors (Lipinski definition) is 14. The van der Waals surface area contributed by atoms with Crippen molar-refractivity contribution < 1.29 is 45.4 Å². The molecular formula is C23H28N8O10S2. The van der Waals surface area contributed by atoms with Gasteiger partial charge in [0.25, 0.3) is 20.0 Å². The van der Waals surface area contributed by atoms with Gasteiger partial charge in [-0.1, -0.05) is 18.2 Å². The van der Waals surface area contributed by atoms with Gasteiger partial charge in [0.05, 0.1) is 51.5 Å². The normalized spacial score (nSPS) is 11.8. The van der Waals surface area contributed by atoms with Crippen LogP contribution in [0.2, 0.25) is 0 Å². The third kappa shape index (κ3) is 8.29. The molecule has 0 amide bonds. The maximum atomic E-state index is 13.4. The van der Waals surface area contributed by atoms with Gasteiger partial charge in [0.1, 0.15) is 5.56 Å². The Morgan fingerprint density at radius 3 is 2.23 bits per heavy atom. The molecule has 0 spiro atoms. The molecule has 0 aliphatic carbocycles. The highest BCUT2D eigenvalue weighted by Gasteiger charge is 2.30. The minimum Gasteiger partial charge on any atom is -0.481 e. The van der Waals surface area contributed by atoms with E-state index in [0.29, 0.717) is 0 Å². The summed E-state index contributed by atoms with van der Waals surface area (Å²) in [6.07, 6.45) is 0.994. The van der Waals surface area contributed by atoms with E-state index in [-0.39, 0.29) is 35.4 Å². The van der Waals surface area contributed by atoms with Crippen LogP contribution in [0, 0.1) is 0 Å². The summed E-state index contributed by atoms with van der Waals surface area (Å²) in [6.45, 7) is 1.50. The van der Waals surface area contributed by atoms with Crippen LogP contribution in [0.25, 0.3) is 0 Å². The Bertz CT molecular complexity index is 1720. The van der Waals surface area contributed by atoms with E-state index >= 15 is 0 Å². The van der Waals surface area contributed by atoms with Crippen molar-refractivity contribution in [1.82, 2.24) is 29.3 Å². The lowest BCUT2D eigenvalue weighted by molar-refractivity contribution is 0.0520. The number of aromatic nitrogens is 4. The lowest BCUT2D eigenvalue weighted by Crippen LogP contribution is -2.40. The van der Waals surface area contributed by atoms with Crippen LogP contribution in [0.1, 0.15) is 33.2 Å². The molecule has 3 N–H and O–H groups in total. The number of hydrogen-bond donors (Lipinski definition) is 3. The Morgan fingerprint density at radius 2 is 1.63 bits per heavy atom. The first-order valence-corrected chi connectivity index (χ1v) is 15.2. The molecule has 0 bridgehead atoms. The van der Waals surface area contributed by atoms with Crippen molar-refractivity contribution in [3.63, 3.8) is 0 Å². The van der Waals surface area contributed by atoms with Gasteiger partial charge in [-0.2, -0.15) is 23.5 Å². The monoisotopic (exact) mass is 640 g/mol. The van der Waals surface area contributed by atoms with Gasteiger partial charge in [-0.05, 0) is 18.6 Å². The quantitative estimate of drug-likeness (QED) is 0.102. The predicted molar refractivity (Wildman–Crippen MR) is 149 cm³/mol. The molecule has 3 rings (SSSR count). The first kappa shape index (κ1) is 32.5. The highest BCUT2D eigenvalue weighted by molar-refractivity contribution is 7.90. The molecule has 232 valence electrons. The Morgan fingerprint density at radius 1 is 0.977 bits per heavy atom. The smallest absolute Gasteiger partial charge is 0.342 e. The summed E-state index contributed by atoms with van der Waals surface area (Å²) in [5.74, 6) is -3.52. The summed E-state index contributed by atoms with van der Waals surface area (Å²) in [4.78, 5) is 34.4. The number of anilines is 1. The molecule has 18 nitrogen and oxygen atoms in total.